The van der Waals surface area contributed by atoms with Gasteiger partial charge in [0.05, 0.1) is 20.5 Å². The second kappa shape index (κ2) is 10.1. The van der Waals surface area contributed by atoms with E-state index in [1.54, 1.807) is 38.3 Å². The van der Waals surface area contributed by atoms with Crippen LogP contribution in [0.5, 0.6) is 11.5 Å². The zero-order valence-corrected chi connectivity index (χ0v) is 22.0. The van der Waals surface area contributed by atoms with Crippen molar-refractivity contribution in [3.63, 3.8) is 0 Å². The van der Waals surface area contributed by atoms with Gasteiger partial charge in [-0.25, -0.2) is 14.8 Å². The highest BCUT2D eigenvalue weighted by molar-refractivity contribution is 7.22. The van der Waals surface area contributed by atoms with Crippen LogP contribution in [-0.4, -0.2) is 75.9 Å². The number of hydrogen-bond acceptors (Lipinski definition) is 9. The summed E-state index contributed by atoms with van der Waals surface area (Å²) >= 11 is 1.34. The molecular weight excluding hydrogens is 486 g/mol. The van der Waals surface area contributed by atoms with Gasteiger partial charge in [0.25, 0.3) is 5.56 Å². The highest BCUT2D eigenvalue weighted by atomic mass is 32.1. The molecule has 0 radical (unpaired) electrons. The third-order valence-corrected chi connectivity index (χ3v) is 7.03. The van der Waals surface area contributed by atoms with E-state index in [4.69, 9.17) is 14.5 Å². The molecule has 1 aromatic carbocycles. The maximum Gasteiger partial charge on any atom is 0.332 e. The monoisotopic (exact) mass is 515 g/mol. The van der Waals surface area contributed by atoms with Gasteiger partial charge >= 0.3 is 5.69 Å². The van der Waals surface area contributed by atoms with Crippen LogP contribution in [0.3, 0.4) is 0 Å². The second-order valence-corrected chi connectivity index (χ2v) is 9.57. The number of carbonyl (C=O) groups excluding carboxylic acids is 1. The number of ether oxygens (including phenoxy) is 2. The normalized spacial score (nSPS) is 11.5. The van der Waals surface area contributed by atoms with E-state index in [0.717, 1.165) is 15.8 Å². The smallest absolute Gasteiger partial charge is 0.332 e. The van der Waals surface area contributed by atoms with E-state index in [1.165, 1.54) is 33.8 Å². The number of anilines is 1. The molecule has 36 heavy (non-hydrogen) atoms. The fourth-order valence-electron chi connectivity index (χ4n) is 4.01. The highest BCUT2D eigenvalue weighted by Gasteiger charge is 2.24. The van der Waals surface area contributed by atoms with E-state index in [2.05, 4.69) is 4.98 Å². The lowest BCUT2D eigenvalue weighted by atomic mass is 10.3. The summed E-state index contributed by atoms with van der Waals surface area (Å²) in [6, 6.07) is 3.58. The van der Waals surface area contributed by atoms with E-state index in [-0.39, 0.29) is 23.6 Å². The van der Waals surface area contributed by atoms with Gasteiger partial charge in [-0.15, -0.1) is 0 Å². The van der Waals surface area contributed by atoms with E-state index in [1.807, 2.05) is 19.0 Å². The molecule has 12 nitrogen and oxygen atoms in total. The first kappa shape index (κ1) is 25.4. The Morgan fingerprint density at radius 1 is 1.06 bits per heavy atom. The summed E-state index contributed by atoms with van der Waals surface area (Å²) in [5, 5.41) is 0.501. The summed E-state index contributed by atoms with van der Waals surface area (Å²) in [7, 11) is 10.0. The summed E-state index contributed by atoms with van der Waals surface area (Å²) in [6.45, 7) is 1.05. The summed E-state index contributed by atoms with van der Waals surface area (Å²) in [6.07, 6.45) is 2.12. The molecule has 0 atom stereocenters. The number of thiazole rings is 1. The Kier molecular flexibility index (Phi) is 7.13. The van der Waals surface area contributed by atoms with Crippen LogP contribution in [0, 0.1) is 0 Å². The first-order valence-electron chi connectivity index (χ1n) is 11.2. The molecule has 13 heteroatoms. The van der Waals surface area contributed by atoms with Gasteiger partial charge in [-0.2, -0.15) is 0 Å². The van der Waals surface area contributed by atoms with E-state index in [0.29, 0.717) is 35.1 Å². The average molecular weight is 516 g/mol. The zero-order valence-electron chi connectivity index (χ0n) is 21.1. The number of amides is 1. The zero-order chi connectivity index (χ0) is 26.1. The lowest BCUT2D eigenvalue weighted by Crippen LogP contribution is -2.39. The van der Waals surface area contributed by atoms with E-state index in [9.17, 15) is 14.4 Å². The average Bonchev–Trinajstić information content (AvgIpc) is 3.48. The third-order valence-electron chi connectivity index (χ3n) is 5.94. The Morgan fingerprint density at radius 3 is 2.42 bits per heavy atom. The number of hydrogen-bond donors (Lipinski definition) is 0. The predicted octanol–water partition coefficient (Wildman–Crippen LogP) is 1.05. The topological polar surface area (TPSA) is 117 Å². The van der Waals surface area contributed by atoms with E-state index >= 15 is 0 Å². The SMILES string of the molecule is COc1ccc(OC)c2sc(N(CCCN(C)C)C(=O)Cn3cnc4c3c(=O)n(C)c(=O)n4C)nc12. The van der Waals surface area contributed by atoms with Crippen molar-refractivity contribution in [2.24, 2.45) is 14.1 Å². The molecule has 0 aliphatic rings. The van der Waals surface area contributed by atoms with Crippen LogP contribution in [0.25, 0.3) is 21.4 Å². The Balaban J connectivity index is 1.76. The van der Waals surface area contributed by atoms with Crippen molar-refractivity contribution < 1.29 is 14.3 Å². The molecule has 0 aliphatic heterocycles. The van der Waals surface area contributed by atoms with Crippen LogP contribution in [0.1, 0.15) is 6.42 Å². The first-order valence-corrected chi connectivity index (χ1v) is 12.1. The number of rotatable bonds is 9. The number of nitrogens with zero attached hydrogens (tertiary/aromatic N) is 7. The highest BCUT2D eigenvalue weighted by Crippen LogP contribution is 2.40. The molecule has 192 valence electrons. The van der Waals surface area contributed by atoms with Gasteiger partial charge in [-0.05, 0) is 39.2 Å². The van der Waals surface area contributed by atoms with Crippen LogP contribution in [0.15, 0.2) is 28.0 Å². The fourth-order valence-corrected chi connectivity index (χ4v) is 5.13. The molecule has 1 amide bonds. The molecular formula is C23H29N7O5S. The molecule has 0 spiro atoms. The molecule has 3 heterocycles. The Hall–Kier alpha value is -3.71. The van der Waals surface area contributed by atoms with Gasteiger partial charge in [-0.1, -0.05) is 11.3 Å². The molecule has 0 aliphatic carbocycles. The lowest BCUT2D eigenvalue weighted by Gasteiger charge is -2.21. The number of aromatic nitrogens is 5. The molecule has 0 saturated heterocycles. The van der Waals surface area contributed by atoms with Gasteiger partial charge in [0, 0.05) is 20.6 Å². The van der Waals surface area contributed by atoms with Gasteiger partial charge in [-0.3, -0.25) is 23.6 Å². The van der Waals surface area contributed by atoms with Crippen LogP contribution in [-0.2, 0) is 25.4 Å². The van der Waals surface area contributed by atoms with Crippen LogP contribution in [0.4, 0.5) is 5.13 Å². The Labute approximate surface area is 210 Å². The minimum atomic E-state index is -0.507. The molecule has 0 N–H and O–H groups in total. The Bertz CT molecular complexity index is 1510. The third kappa shape index (κ3) is 4.46. The molecule has 4 rings (SSSR count). The first-order chi connectivity index (χ1) is 17.2. The fraction of sp³-hybridized carbons (Fsp3) is 0.435. The van der Waals surface area contributed by atoms with Crippen molar-refractivity contribution in [3.8, 4) is 11.5 Å². The van der Waals surface area contributed by atoms with Crippen molar-refractivity contribution in [2.75, 3.05) is 46.3 Å². The maximum absolute atomic E-state index is 13.7. The number of fused-ring (bicyclic) bond motifs is 2. The van der Waals surface area contributed by atoms with Crippen molar-refractivity contribution in [1.29, 1.82) is 0 Å². The minimum Gasteiger partial charge on any atom is -0.495 e. The lowest BCUT2D eigenvalue weighted by molar-refractivity contribution is -0.119. The largest absolute Gasteiger partial charge is 0.495 e. The summed E-state index contributed by atoms with van der Waals surface area (Å²) < 4.78 is 15.5. The quantitative estimate of drug-likeness (QED) is 0.325. The van der Waals surface area contributed by atoms with Crippen molar-refractivity contribution in [2.45, 2.75) is 13.0 Å². The number of methoxy groups -OCH3 is 2. The number of benzene rings is 1. The van der Waals surface area contributed by atoms with Crippen molar-refractivity contribution >= 4 is 43.8 Å². The number of imidazole rings is 1. The molecule has 3 aromatic heterocycles. The van der Waals surface area contributed by atoms with Crippen LogP contribution in [0.2, 0.25) is 0 Å². The molecule has 0 fully saturated rings. The van der Waals surface area contributed by atoms with Gasteiger partial charge in [0.2, 0.25) is 5.91 Å². The van der Waals surface area contributed by atoms with Crippen LogP contribution >= 0.6 is 11.3 Å². The number of aryl methyl sites for hydroxylation is 1. The van der Waals surface area contributed by atoms with Crippen molar-refractivity contribution in [3.05, 3.63) is 39.3 Å². The second-order valence-electron chi connectivity index (χ2n) is 8.60. The minimum absolute atomic E-state index is 0.143. The summed E-state index contributed by atoms with van der Waals surface area (Å²) in [4.78, 5) is 51.4. The standard InChI is InChI=1S/C23H29N7O5S/c1-26(2)10-7-11-30(22-25-17-14(34-5)8-9-15(35-6)19(17)36-22)16(31)12-29-13-24-20-18(29)21(32)28(4)23(33)27(20)3/h8-9,13H,7,10-12H2,1-6H3. The summed E-state index contributed by atoms with van der Waals surface area (Å²) in [5.41, 5.74) is 0.0383. The summed E-state index contributed by atoms with van der Waals surface area (Å²) in [5.74, 6) is 0.959. The molecule has 0 saturated carbocycles. The maximum atomic E-state index is 13.7. The Morgan fingerprint density at radius 2 is 1.75 bits per heavy atom. The number of carbonyl (C=O) groups is 1. The predicted molar refractivity (Wildman–Crippen MR) is 138 cm³/mol. The molecule has 4 aromatic rings. The van der Waals surface area contributed by atoms with Gasteiger partial charge in [0.15, 0.2) is 16.3 Å². The van der Waals surface area contributed by atoms with E-state index < -0.39 is 11.2 Å². The molecule has 0 bridgehead atoms. The van der Waals surface area contributed by atoms with Crippen LogP contribution < -0.4 is 25.6 Å². The molecule has 0 unspecified atom stereocenters. The van der Waals surface area contributed by atoms with Gasteiger partial charge < -0.3 is 18.9 Å². The van der Waals surface area contributed by atoms with Gasteiger partial charge in [0.1, 0.15) is 28.3 Å². The van der Waals surface area contributed by atoms with Crippen molar-refractivity contribution in [1.82, 2.24) is 28.6 Å².